The van der Waals surface area contributed by atoms with Gasteiger partial charge < -0.3 is 42.6 Å². The Labute approximate surface area is 329 Å². The van der Waals surface area contributed by atoms with Crippen molar-refractivity contribution in [2.75, 3.05) is 13.2 Å². The summed E-state index contributed by atoms with van der Waals surface area (Å²) in [5.41, 5.74) is 5.22. The lowest BCUT2D eigenvalue weighted by Gasteiger charge is -2.47. The molecule has 292 valence electrons. The topological polar surface area (TPSA) is 83.1 Å². The van der Waals surface area contributed by atoms with Crippen LogP contribution in [0.4, 0.5) is 0 Å². The van der Waals surface area contributed by atoms with Crippen molar-refractivity contribution in [2.45, 2.75) is 94.8 Å². The summed E-state index contributed by atoms with van der Waals surface area (Å²) in [4.78, 5) is 0. The van der Waals surface area contributed by atoms with Crippen LogP contribution in [0.5, 0.6) is 0 Å². The Morgan fingerprint density at radius 1 is 0.446 bits per heavy atom. The van der Waals surface area contributed by atoms with Gasteiger partial charge >= 0.3 is 0 Å². The zero-order valence-electron chi connectivity index (χ0n) is 31.5. The van der Waals surface area contributed by atoms with Gasteiger partial charge in [-0.1, -0.05) is 152 Å². The summed E-state index contributed by atoms with van der Waals surface area (Å²) in [6.45, 7) is 2.45. The summed E-state index contributed by atoms with van der Waals surface area (Å²) >= 11 is 0. The Morgan fingerprint density at radius 3 is 1.41 bits per heavy atom. The minimum atomic E-state index is -0.894. The number of hydrogen-bond acceptors (Lipinski definition) is 9. The monoisotopic (exact) mass is 758 g/mol. The minimum absolute atomic E-state index is 0.231. The maximum atomic E-state index is 7.08. The second kappa shape index (κ2) is 19.7. The van der Waals surface area contributed by atoms with Gasteiger partial charge in [0.25, 0.3) is 0 Å². The summed E-state index contributed by atoms with van der Waals surface area (Å²) in [6, 6.07) is 50.6. The molecule has 9 nitrogen and oxygen atoms in total. The molecule has 9 atom stereocenters. The average molecular weight is 759 g/mol. The molecule has 0 radical (unpaired) electrons. The van der Waals surface area contributed by atoms with Crippen LogP contribution in [0.3, 0.4) is 0 Å². The molecule has 0 aromatic heterocycles. The molecule has 3 saturated heterocycles. The largest absolute Gasteiger partial charge is 0.374 e. The Kier molecular flexibility index (Phi) is 13.6. The van der Waals surface area contributed by atoms with Gasteiger partial charge in [-0.3, -0.25) is 0 Å². The van der Waals surface area contributed by atoms with Gasteiger partial charge in [0.15, 0.2) is 12.6 Å². The van der Waals surface area contributed by atoms with Gasteiger partial charge in [0.1, 0.15) is 36.6 Å². The molecule has 3 aliphatic heterocycles. The van der Waals surface area contributed by atoms with Gasteiger partial charge in [-0.25, -0.2) is 0 Å². The number of hydrogen-bond donors (Lipinski definition) is 0. The maximum Gasteiger partial charge on any atom is 0.187 e. The molecule has 0 spiro atoms. The van der Waals surface area contributed by atoms with E-state index in [-0.39, 0.29) is 25.1 Å². The van der Waals surface area contributed by atoms with Crippen LogP contribution in [0.25, 0.3) is 0 Å². The molecule has 8 rings (SSSR count). The van der Waals surface area contributed by atoms with Crippen molar-refractivity contribution in [2.24, 2.45) is 0 Å². The van der Waals surface area contributed by atoms with Crippen LogP contribution in [0, 0.1) is 0 Å². The normalized spacial score (nSPS) is 27.2. The SMILES string of the molecule is c1ccc(COC[C@H]2O[C@H](O[C@H]3[C@H](OCc4ccccc4)C[C@@H]4OC[C@H]3O4)[C@@H](OCc3ccccc3)[C@@H](OCc3ccccc3)[C@@H]2OCc2ccccc2)cc1. The first kappa shape index (κ1) is 38.6. The Hall–Kier alpha value is -4.26. The molecule has 9 heteroatoms. The van der Waals surface area contributed by atoms with Gasteiger partial charge in [-0.2, -0.15) is 0 Å². The highest BCUT2D eigenvalue weighted by Crippen LogP contribution is 2.37. The molecule has 0 aliphatic carbocycles. The molecule has 3 heterocycles. The Balaban J connectivity index is 1.11. The summed E-state index contributed by atoms with van der Waals surface area (Å²) in [5, 5.41) is 0. The van der Waals surface area contributed by atoms with Crippen LogP contribution < -0.4 is 0 Å². The van der Waals surface area contributed by atoms with E-state index in [1.807, 2.05) is 115 Å². The van der Waals surface area contributed by atoms with Crippen molar-refractivity contribution in [1.82, 2.24) is 0 Å². The van der Waals surface area contributed by atoms with E-state index in [9.17, 15) is 0 Å². The van der Waals surface area contributed by atoms with E-state index in [4.69, 9.17) is 42.6 Å². The van der Waals surface area contributed by atoms with Crippen LogP contribution in [-0.4, -0.2) is 68.5 Å². The van der Waals surface area contributed by atoms with Gasteiger partial charge in [0.2, 0.25) is 0 Å². The summed E-state index contributed by atoms with van der Waals surface area (Å²) < 4.78 is 60.0. The average Bonchev–Trinajstić information content (AvgIpc) is 3.66. The van der Waals surface area contributed by atoms with Gasteiger partial charge in [-0.05, 0) is 27.8 Å². The van der Waals surface area contributed by atoms with Crippen molar-refractivity contribution in [3.05, 3.63) is 179 Å². The first-order valence-corrected chi connectivity index (χ1v) is 19.6. The maximum absolute atomic E-state index is 7.08. The highest BCUT2D eigenvalue weighted by molar-refractivity contribution is 5.17. The van der Waals surface area contributed by atoms with Crippen LogP contribution in [0.15, 0.2) is 152 Å². The third-order valence-corrected chi connectivity index (χ3v) is 10.4. The van der Waals surface area contributed by atoms with Crippen molar-refractivity contribution >= 4 is 0 Å². The minimum Gasteiger partial charge on any atom is -0.374 e. The summed E-state index contributed by atoms with van der Waals surface area (Å²) in [7, 11) is 0. The zero-order valence-corrected chi connectivity index (χ0v) is 31.5. The van der Waals surface area contributed by atoms with E-state index in [0.29, 0.717) is 46.1 Å². The van der Waals surface area contributed by atoms with Crippen LogP contribution in [0.2, 0.25) is 0 Å². The smallest absolute Gasteiger partial charge is 0.187 e. The fourth-order valence-electron chi connectivity index (χ4n) is 7.46. The van der Waals surface area contributed by atoms with E-state index in [0.717, 1.165) is 27.8 Å². The first-order chi connectivity index (χ1) is 27.7. The lowest BCUT2D eigenvalue weighted by Crippen LogP contribution is -2.63. The standard InChI is InChI=1S/C47H50O9/c1-6-16-34(17-7-1)27-48-32-40-44(51-29-36-20-10-3-11-21-36)45(52-30-37-22-12-4-13-23-37)46(53-31-38-24-14-5-15-25-38)47(55-40)56-43-39(26-42-50-33-41(43)54-42)49-28-35-18-8-2-9-19-35/h1-25,39-47H,26-33H2/t39-,40-,41-,42-,43+,44-,45+,46+,47-/m1/s1. The van der Waals surface area contributed by atoms with Crippen LogP contribution >= 0.6 is 0 Å². The predicted molar refractivity (Wildman–Crippen MR) is 209 cm³/mol. The van der Waals surface area contributed by atoms with E-state index in [1.165, 1.54) is 0 Å². The lowest BCUT2D eigenvalue weighted by molar-refractivity contribution is -0.351. The number of fused-ring (bicyclic) bond motifs is 2. The fraction of sp³-hybridized carbons (Fsp3) is 0.362. The molecule has 5 aromatic rings. The van der Waals surface area contributed by atoms with Crippen LogP contribution in [0.1, 0.15) is 34.2 Å². The van der Waals surface area contributed by atoms with Crippen molar-refractivity contribution < 1.29 is 42.6 Å². The third-order valence-electron chi connectivity index (χ3n) is 10.4. The molecule has 0 unspecified atom stereocenters. The molecule has 0 saturated carbocycles. The van der Waals surface area contributed by atoms with Crippen molar-refractivity contribution in [3.63, 3.8) is 0 Å². The van der Waals surface area contributed by atoms with Gasteiger partial charge in [0, 0.05) is 6.42 Å². The summed E-state index contributed by atoms with van der Waals surface area (Å²) in [5.74, 6) is 0. The molecule has 0 amide bonds. The quantitative estimate of drug-likeness (QED) is 0.0890. The van der Waals surface area contributed by atoms with Gasteiger partial charge in [-0.15, -0.1) is 0 Å². The molecule has 56 heavy (non-hydrogen) atoms. The molecule has 0 N–H and O–H groups in total. The van der Waals surface area contributed by atoms with E-state index >= 15 is 0 Å². The molecule has 5 aromatic carbocycles. The summed E-state index contributed by atoms with van der Waals surface area (Å²) in [6.07, 6.45) is -4.38. The lowest BCUT2D eigenvalue weighted by atomic mass is 9.97. The van der Waals surface area contributed by atoms with E-state index in [2.05, 4.69) is 36.4 Å². The molecule has 2 bridgehead atoms. The predicted octanol–water partition coefficient (Wildman–Crippen LogP) is 7.80. The second-order valence-corrected chi connectivity index (χ2v) is 14.4. The highest BCUT2D eigenvalue weighted by atomic mass is 16.8. The Morgan fingerprint density at radius 2 is 0.893 bits per heavy atom. The highest BCUT2D eigenvalue weighted by Gasteiger charge is 2.53. The molecule has 3 aliphatic rings. The fourth-order valence-corrected chi connectivity index (χ4v) is 7.46. The first-order valence-electron chi connectivity index (χ1n) is 19.6. The number of ether oxygens (including phenoxy) is 9. The van der Waals surface area contributed by atoms with E-state index in [1.54, 1.807) is 0 Å². The van der Waals surface area contributed by atoms with Gasteiger partial charge in [0.05, 0.1) is 52.4 Å². The third kappa shape index (κ3) is 10.4. The Bertz CT molecular complexity index is 1850. The van der Waals surface area contributed by atoms with Crippen LogP contribution in [-0.2, 0) is 75.7 Å². The van der Waals surface area contributed by atoms with E-state index < -0.39 is 36.8 Å². The molecule has 3 fully saturated rings. The van der Waals surface area contributed by atoms with Crippen molar-refractivity contribution in [3.8, 4) is 0 Å². The van der Waals surface area contributed by atoms with Crippen molar-refractivity contribution in [1.29, 1.82) is 0 Å². The number of benzene rings is 5. The molecular weight excluding hydrogens is 709 g/mol. The second-order valence-electron chi connectivity index (χ2n) is 14.4. The zero-order chi connectivity index (χ0) is 37.8. The molecular formula is C47H50O9. The number of rotatable bonds is 18.